The number of hydrogen-bond donors (Lipinski definition) is 2. The van der Waals surface area contributed by atoms with Gasteiger partial charge in [-0.3, -0.25) is 5.10 Å². The van der Waals surface area contributed by atoms with Gasteiger partial charge in [-0.05, 0) is 42.2 Å². The minimum absolute atomic E-state index is 0.692. The predicted octanol–water partition coefficient (Wildman–Crippen LogP) is 4.14. The molecule has 0 bridgehead atoms. The number of rotatable bonds is 6. The maximum absolute atomic E-state index is 5.73. The van der Waals surface area contributed by atoms with E-state index in [1.54, 1.807) is 18.0 Å². The third kappa shape index (κ3) is 3.49. The second-order valence-electron chi connectivity index (χ2n) is 4.70. The van der Waals surface area contributed by atoms with Crippen LogP contribution in [0.3, 0.4) is 0 Å². The van der Waals surface area contributed by atoms with Crippen molar-refractivity contribution in [2.75, 3.05) is 11.6 Å². The van der Waals surface area contributed by atoms with Gasteiger partial charge in [-0.15, -0.1) is 0 Å². The lowest BCUT2D eigenvalue weighted by molar-refractivity contribution is 0.487. The van der Waals surface area contributed by atoms with Crippen LogP contribution in [-0.4, -0.2) is 16.5 Å². The molecule has 1 aromatic carbocycles. The number of benzene rings is 1. The van der Waals surface area contributed by atoms with Crippen molar-refractivity contribution in [1.82, 2.24) is 10.2 Å². The lowest BCUT2D eigenvalue weighted by Gasteiger charge is -2.05. The van der Waals surface area contributed by atoms with Gasteiger partial charge in [0.15, 0.2) is 0 Å². The van der Waals surface area contributed by atoms with Gasteiger partial charge in [0.25, 0.3) is 0 Å². The Morgan fingerprint density at radius 3 is 2.62 bits per heavy atom. The summed E-state index contributed by atoms with van der Waals surface area (Å²) in [6, 6.07) is 14.3. The normalized spacial score (nSPS) is 10.7. The Balaban J connectivity index is 1.60. The number of aromatic nitrogens is 2. The maximum Gasteiger partial charge on any atom is 0.123 e. The number of furan rings is 1. The van der Waals surface area contributed by atoms with Gasteiger partial charge in [0.05, 0.1) is 18.0 Å². The smallest absolute Gasteiger partial charge is 0.123 e. The fourth-order valence-electron chi connectivity index (χ4n) is 2.11. The van der Waals surface area contributed by atoms with E-state index >= 15 is 0 Å². The van der Waals surface area contributed by atoms with Crippen molar-refractivity contribution < 1.29 is 4.42 Å². The maximum atomic E-state index is 5.73. The van der Waals surface area contributed by atoms with Gasteiger partial charge in [0.2, 0.25) is 0 Å². The molecule has 0 spiro atoms. The van der Waals surface area contributed by atoms with Crippen molar-refractivity contribution in [3.63, 3.8) is 0 Å². The third-order valence-electron chi connectivity index (χ3n) is 3.17. The van der Waals surface area contributed by atoms with Crippen LogP contribution in [0.4, 0.5) is 5.69 Å². The van der Waals surface area contributed by atoms with Crippen LogP contribution in [0.2, 0.25) is 0 Å². The summed E-state index contributed by atoms with van der Waals surface area (Å²) in [6.07, 6.45) is 3.83. The Kier molecular flexibility index (Phi) is 4.31. The highest BCUT2D eigenvalue weighted by atomic mass is 32.2. The van der Waals surface area contributed by atoms with E-state index in [1.165, 1.54) is 0 Å². The summed E-state index contributed by atoms with van der Waals surface area (Å²) < 4.78 is 5.73. The molecule has 0 aliphatic rings. The first kappa shape index (κ1) is 13.8. The summed E-state index contributed by atoms with van der Waals surface area (Å²) in [4.78, 5) is 0. The first-order valence-electron chi connectivity index (χ1n) is 6.75. The predicted molar refractivity (Wildman–Crippen MR) is 87.3 cm³/mol. The van der Waals surface area contributed by atoms with Crippen LogP contribution in [0.1, 0.15) is 11.5 Å². The highest BCUT2D eigenvalue weighted by molar-refractivity contribution is 7.97. The third-order valence-corrected chi connectivity index (χ3v) is 3.74. The molecule has 0 amide bonds. The van der Waals surface area contributed by atoms with E-state index in [9.17, 15) is 0 Å². The van der Waals surface area contributed by atoms with E-state index in [0.29, 0.717) is 6.54 Å². The summed E-state index contributed by atoms with van der Waals surface area (Å²) in [6.45, 7) is 0.692. The molecule has 0 aliphatic carbocycles. The first-order valence-corrected chi connectivity index (χ1v) is 8.15. The van der Waals surface area contributed by atoms with Crippen LogP contribution >= 0.6 is 11.8 Å². The van der Waals surface area contributed by atoms with E-state index < -0.39 is 0 Å². The molecule has 0 fully saturated rings. The molecule has 2 aromatic heterocycles. The van der Waals surface area contributed by atoms with Gasteiger partial charge in [-0.2, -0.15) is 16.9 Å². The topological polar surface area (TPSA) is 53.9 Å². The lowest BCUT2D eigenvalue weighted by atomic mass is 10.1. The first-order chi connectivity index (χ1) is 10.3. The largest absolute Gasteiger partial charge is 0.463 e. The second-order valence-corrected chi connectivity index (χ2v) is 5.57. The molecule has 4 nitrogen and oxygen atoms in total. The zero-order valence-corrected chi connectivity index (χ0v) is 12.6. The van der Waals surface area contributed by atoms with E-state index in [-0.39, 0.29) is 0 Å². The summed E-state index contributed by atoms with van der Waals surface area (Å²) >= 11 is 1.76. The summed E-state index contributed by atoms with van der Waals surface area (Å²) in [5, 5.41) is 10.3. The van der Waals surface area contributed by atoms with Crippen LogP contribution in [-0.2, 0) is 12.3 Å². The van der Waals surface area contributed by atoms with E-state index in [0.717, 1.165) is 34.2 Å². The quantitative estimate of drug-likeness (QED) is 0.718. The van der Waals surface area contributed by atoms with Crippen molar-refractivity contribution in [1.29, 1.82) is 0 Å². The molecular formula is C16H17N3OS. The molecule has 5 heteroatoms. The Morgan fingerprint density at radius 1 is 1.10 bits per heavy atom. The van der Waals surface area contributed by atoms with Gasteiger partial charge < -0.3 is 9.73 Å². The molecule has 0 saturated carbocycles. The summed E-state index contributed by atoms with van der Waals surface area (Å²) in [5.74, 6) is 2.89. The monoisotopic (exact) mass is 299 g/mol. The molecule has 108 valence electrons. The molecule has 0 aliphatic heterocycles. The Labute approximate surface area is 128 Å². The number of thioether (sulfide) groups is 1. The van der Waals surface area contributed by atoms with E-state index in [1.807, 2.05) is 18.2 Å². The van der Waals surface area contributed by atoms with Crippen LogP contribution in [0.25, 0.3) is 11.3 Å². The number of nitrogens with one attached hydrogen (secondary N) is 2. The molecule has 0 radical (unpaired) electrons. The van der Waals surface area contributed by atoms with Crippen molar-refractivity contribution in [2.45, 2.75) is 12.3 Å². The second kappa shape index (κ2) is 6.54. The van der Waals surface area contributed by atoms with Gasteiger partial charge in [0.1, 0.15) is 11.5 Å². The average Bonchev–Trinajstić information content (AvgIpc) is 3.18. The molecule has 2 heterocycles. The van der Waals surface area contributed by atoms with Gasteiger partial charge in [-0.1, -0.05) is 12.1 Å². The average molecular weight is 299 g/mol. The number of aromatic amines is 1. The van der Waals surface area contributed by atoms with Crippen LogP contribution in [0.15, 0.2) is 53.1 Å². The van der Waals surface area contributed by atoms with Crippen LogP contribution in [0.5, 0.6) is 0 Å². The molecule has 2 N–H and O–H groups in total. The zero-order chi connectivity index (χ0) is 14.5. The van der Waals surface area contributed by atoms with E-state index in [4.69, 9.17) is 4.42 Å². The van der Waals surface area contributed by atoms with Crippen molar-refractivity contribution >= 4 is 17.4 Å². The minimum Gasteiger partial charge on any atom is -0.463 e. The number of nitrogens with zero attached hydrogens (tertiary/aromatic N) is 1. The van der Waals surface area contributed by atoms with Gasteiger partial charge in [-0.25, -0.2) is 0 Å². The molecule has 3 aromatic rings. The molecule has 0 unspecified atom stereocenters. The molecular weight excluding hydrogens is 282 g/mol. The van der Waals surface area contributed by atoms with Crippen LogP contribution in [0, 0.1) is 0 Å². The number of H-pyrrole nitrogens is 1. The molecule has 21 heavy (non-hydrogen) atoms. The number of anilines is 1. The lowest BCUT2D eigenvalue weighted by Crippen LogP contribution is -1.97. The fourth-order valence-corrected chi connectivity index (χ4v) is 2.55. The molecule has 0 saturated heterocycles. The number of hydrogen-bond acceptors (Lipinski definition) is 4. The fraction of sp³-hybridized carbons (Fsp3) is 0.188. The molecule has 0 atom stereocenters. The van der Waals surface area contributed by atoms with Crippen molar-refractivity contribution in [3.8, 4) is 11.3 Å². The Bertz CT molecular complexity index is 674. The van der Waals surface area contributed by atoms with Crippen molar-refractivity contribution in [3.05, 3.63) is 60.2 Å². The van der Waals surface area contributed by atoms with Crippen molar-refractivity contribution in [2.24, 2.45) is 0 Å². The highest BCUT2D eigenvalue weighted by Crippen LogP contribution is 2.20. The van der Waals surface area contributed by atoms with Crippen LogP contribution < -0.4 is 5.32 Å². The summed E-state index contributed by atoms with van der Waals surface area (Å²) in [5.41, 5.74) is 3.22. The van der Waals surface area contributed by atoms with E-state index in [2.05, 4.69) is 46.0 Å². The summed E-state index contributed by atoms with van der Waals surface area (Å²) in [7, 11) is 0. The minimum atomic E-state index is 0.692. The Hall–Kier alpha value is -2.14. The molecule has 3 rings (SSSR count). The Morgan fingerprint density at radius 2 is 1.90 bits per heavy atom. The highest BCUT2D eigenvalue weighted by Gasteiger charge is 2.02. The SMILES string of the molecule is CSCc1ccc(CNc2ccc(-c3ccn[nH]3)cc2)o1. The zero-order valence-electron chi connectivity index (χ0n) is 11.8. The van der Waals surface area contributed by atoms with Gasteiger partial charge >= 0.3 is 0 Å². The standard InChI is InChI=1S/C16H17N3OS/c1-21-11-15-7-6-14(20-15)10-17-13-4-2-12(3-5-13)16-8-9-18-19-16/h2-9,17H,10-11H2,1H3,(H,18,19). The van der Waals surface area contributed by atoms with Gasteiger partial charge in [0, 0.05) is 11.9 Å².